The lowest BCUT2D eigenvalue weighted by Gasteiger charge is -2.16. The predicted octanol–water partition coefficient (Wildman–Crippen LogP) is 2.74. The average Bonchev–Trinajstić information content (AvgIpc) is 3.08. The second-order valence-corrected chi connectivity index (χ2v) is 5.43. The van der Waals surface area contributed by atoms with Crippen molar-refractivity contribution >= 4 is 22.5 Å². The summed E-state index contributed by atoms with van der Waals surface area (Å²) in [5.74, 6) is 0.714. The van der Waals surface area contributed by atoms with E-state index in [2.05, 4.69) is 5.10 Å². The van der Waals surface area contributed by atoms with E-state index in [-0.39, 0.29) is 5.91 Å². The molecule has 0 saturated heterocycles. The quantitative estimate of drug-likeness (QED) is 0.730. The van der Waals surface area contributed by atoms with Gasteiger partial charge in [-0.15, -0.1) is 0 Å². The van der Waals surface area contributed by atoms with Gasteiger partial charge >= 0.3 is 0 Å². The molecule has 0 aliphatic carbocycles. The fourth-order valence-corrected chi connectivity index (χ4v) is 2.92. The molecular weight excluding hydrogens is 278 g/mol. The first-order chi connectivity index (χ1) is 10.7. The number of aryl methyl sites for hydroxylation is 1. The number of fused-ring (bicyclic) bond motifs is 2. The van der Waals surface area contributed by atoms with Crippen LogP contribution in [0.4, 0.5) is 5.69 Å². The summed E-state index contributed by atoms with van der Waals surface area (Å²) < 4.78 is 7.02. The molecule has 4 rings (SSSR count). The van der Waals surface area contributed by atoms with Gasteiger partial charge in [0.15, 0.2) is 0 Å². The Hall–Kier alpha value is -2.82. The lowest BCUT2D eigenvalue weighted by molar-refractivity contribution is 0.0996. The molecule has 0 atom stereocenters. The molecule has 0 saturated carbocycles. The van der Waals surface area contributed by atoms with Crippen LogP contribution in [0.1, 0.15) is 15.9 Å². The third-order valence-corrected chi connectivity index (χ3v) is 4.17. The van der Waals surface area contributed by atoms with Crippen LogP contribution in [0.5, 0.6) is 5.75 Å². The first kappa shape index (κ1) is 12.9. The van der Waals surface area contributed by atoms with Gasteiger partial charge in [-0.2, -0.15) is 5.10 Å². The van der Waals surface area contributed by atoms with Crippen molar-refractivity contribution in [1.29, 1.82) is 0 Å². The largest absolute Gasteiger partial charge is 0.497 e. The summed E-state index contributed by atoms with van der Waals surface area (Å²) in [5.41, 5.74) is 3.63. The third kappa shape index (κ3) is 1.79. The van der Waals surface area contributed by atoms with Crippen LogP contribution in [0.15, 0.2) is 42.6 Å². The minimum Gasteiger partial charge on any atom is -0.497 e. The van der Waals surface area contributed by atoms with E-state index in [1.807, 2.05) is 48.3 Å². The highest BCUT2D eigenvalue weighted by Crippen LogP contribution is 2.32. The first-order valence-electron chi connectivity index (χ1n) is 7.08. The molecule has 0 spiro atoms. The number of rotatable bonds is 2. The van der Waals surface area contributed by atoms with Gasteiger partial charge in [0.25, 0.3) is 5.91 Å². The molecule has 0 unspecified atom stereocenters. The summed E-state index contributed by atoms with van der Waals surface area (Å²) in [5, 5.41) is 5.31. The minimum absolute atomic E-state index is 0.00965. The molecule has 1 aromatic heterocycles. The van der Waals surface area contributed by atoms with Gasteiger partial charge in [-0.3, -0.25) is 9.48 Å². The number of methoxy groups -OCH3 is 1. The highest BCUT2D eigenvalue weighted by Gasteiger charge is 2.29. The number of anilines is 1. The number of ether oxygens (including phenoxy) is 1. The predicted molar refractivity (Wildman–Crippen MR) is 84.2 cm³/mol. The summed E-state index contributed by atoms with van der Waals surface area (Å²) in [6, 6.07) is 11.6. The first-order valence-corrected chi connectivity index (χ1v) is 7.08. The van der Waals surface area contributed by atoms with Crippen LogP contribution in [-0.4, -0.2) is 22.8 Å². The molecule has 2 aromatic carbocycles. The topological polar surface area (TPSA) is 47.4 Å². The van der Waals surface area contributed by atoms with E-state index in [1.54, 1.807) is 18.1 Å². The summed E-state index contributed by atoms with van der Waals surface area (Å²) in [6.45, 7) is 0.585. The maximum absolute atomic E-state index is 12.7. The normalized spacial score (nSPS) is 13.7. The molecule has 0 radical (unpaired) electrons. The maximum Gasteiger partial charge on any atom is 0.259 e. The Kier molecular flexibility index (Phi) is 2.69. The van der Waals surface area contributed by atoms with Crippen LogP contribution in [0.3, 0.4) is 0 Å². The molecule has 1 aliphatic rings. The second-order valence-electron chi connectivity index (χ2n) is 5.43. The third-order valence-electron chi connectivity index (χ3n) is 4.17. The molecular formula is C17H15N3O2. The van der Waals surface area contributed by atoms with Crippen LogP contribution in [0.2, 0.25) is 0 Å². The fourth-order valence-electron chi connectivity index (χ4n) is 2.92. The molecule has 5 nitrogen and oxygen atoms in total. The van der Waals surface area contributed by atoms with Gasteiger partial charge in [-0.25, -0.2) is 0 Å². The molecule has 110 valence electrons. The number of amides is 1. The summed E-state index contributed by atoms with van der Waals surface area (Å²) in [6.07, 6.45) is 1.82. The van der Waals surface area contributed by atoms with Crippen molar-refractivity contribution in [2.75, 3.05) is 12.0 Å². The van der Waals surface area contributed by atoms with Crippen molar-refractivity contribution in [3.05, 3.63) is 53.7 Å². The molecule has 2 heterocycles. The molecule has 1 amide bonds. The number of hydrogen-bond donors (Lipinski definition) is 0. The second kappa shape index (κ2) is 4.59. The Balaban J connectivity index is 1.77. The monoisotopic (exact) mass is 293 g/mol. The van der Waals surface area contributed by atoms with Gasteiger partial charge in [0.1, 0.15) is 5.75 Å². The smallest absolute Gasteiger partial charge is 0.259 e. The van der Waals surface area contributed by atoms with E-state index in [0.717, 1.165) is 22.2 Å². The zero-order valence-electron chi connectivity index (χ0n) is 12.4. The van der Waals surface area contributed by atoms with Gasteiger partial charge < -0.3 is 9.64 Å². The lowest BCUT2D eigenvalue weighted by Crippen LogP contribution is -2.22. The number of nitrogens with zero attached hydrogens (tertiary/aromatic N) is 3. The zero-order valence-corrected chi connectivity index (χ0v) is 12.4. The zero-order chi connectivity index (χ0) is 15.3. The van der Waals surface area contributed by atoms with E-state index < -0.39 is 0 Å². The molecule has 0 bridgehead atoms. The Morgan fingerprint density at radius 2 is 2.05 bits per heavy atom. The molecule has 3 aromatic rings. The molecule has 0 fully saturated rings. The van der Waals surface area contributed by atoms with E-state index in [1.165, 1.54) is 0 Å². The van der Waals surface area contributed by atoms with Gasteiger partial charge in [0, 0.05) is 23.7 Å². The van der Waals surface area contributed by atoms with E-state index in [9.17, 15) is 4.79 Å². The van der Waals surface area contributed by atoms with E-state index in [0.29, 0.717) is 17.9 Å². The Morgan fingerprint density at radius 3 is 2.86 bits per heavy atom. The summed E-state index contributed by atoms with van der Waals surface area (Å²) >= 11 is 0. The van der Waals surface area contributed by atoms with Gasteiger partial charge in [-0.1, -0.05) is 6.07 Å². The van der Waals surface area contributed by atoms with Crippen molar-refractivity contribution in [3.8, 4) is 5.75 Å². The molecule has 5 heteroatoms. The van der Waals surface area contributed by atoms with Crippen LogP contribution in [-0.2, 0) is 13.6 Å². The average molecular weight is 293 g/mol. The van der Waals surface area contributed by atoms with E-state index >= 15 is 0 Å². The Labute approximate surface area is 127 Å². The minimum atomic E-state index is 0.00965. The number of benzene rings is 2. The van der Waals surface area contributed by atoms with Crippen molar-refractivity contribution in [1.82, 2.24) is 9.78 Å². The fraction of sp³-hybridized carbons (Fsp3) is 0.176. The molecule has 1 aliphatic heterocycles. The van der Waals surface area contributed by atoms with E-state index in [4.69, 9.17) is 4.74 Å². The van der Waals surface area contributed by atoms with Crippen molar-refractivity contribution in [2.24, 2.45) is 7.05 Å². The summed E-state index contributed by atoms with van der Waals surface area (Å²) in [4.78, 5) is 14.5. The van der Waals surface area contributed by atoms with Gasteiger partial charge in [-0.05, 0) is 35.9 Å². The van der Waals surface area contributed by atoms with Crippen LogP contribution in [0, 0.1) is 0 Å². The summed E-state index contributed by atoms with van der Waals surface area (Å²) in [7, 11) is 3.51. The Bertz CT molecular complexity index is 898. The Morgan fingerprint density at radius 1 is 1.18 bits per heavy atom. The maximum atomic E-state index is 12.7. The SMILES string of the molecule is COc1ccc2c(c1)C(=O)N(c1ccc3cnn(C)c3c1)C2. The number of carbonyl (C=O) groups excluding carboxylic acids is 1. The lowest BCUT2D eigenvalue weighted by atomic mass is 10.1. The van der Waals surface area contributed by atoms with Crippen molar-refractivity contribution in [2.45, 2.75) is 6.54 Å². The molecule has 22 heavy (non-hydrogen) atoms. The van der Waals surface area contributed by atoms with Crippen LogP contribution in [0.25, 0.3) is 10.9 Å². The number of carbonyl (C=O) groups is 1. The highest BCUT2D eigenvalue weighted by atomic mass is 16.5. The van der Waals surface area contributed by atoms with Crippen LogP contribution < -0.4 is 9.64 Å². The standard InChI is InChI=1S/C17H15N3O2/c1-19-16-7-13(5-3-11(16)9-18-19)20-10-12-4-6-14(22-2)8-15(12)17(20)21/h3-9H,10H2,1-2H3. The van der Waals surface area contributed by atoms with Gasteiger partial charge in [0.05, 0.1) is 25.4 Å². The van der Waals surface area contributed by atoms with Crippen LogP contribution >= 0.6 is 0 Å². The van der Waals surface area contributed by atoms with Gasteiger partial charge in [0.2, 0.25) is 0 Å². The molecule has 0 N–H and O–H groups in total. The van der Waals surface area contributed by atoms with Crippen molar-refractivity contribution in [3.63, 3.8) is 0 Å². The van der Waals surface area contributed by atoms with Crippen molar-refractivity contribution < 1.29 is 9.53 Å². The highest BCUT2D eigenvalue weighted by molar-refractivity contribution is 6.10. The number of aromatic nitrogens is 2. The number of hydrogen-bond acceptors (Lipinski definition) is 3.